The molecule has 20 heavy (non-hydrogen) atoms. The standard InChI is InChI=1S/C16H22F3N/c1-2-15(10-5-6-12-20-15)11-9-13-7-3-4-8-14(13)16(17,18)19/h3-4,7-8,20H,2,5-6,9-12H2,1H3. The molecule has 0 amide bonds. The molecule has 1 aromatic carbocycles. The van der Waals surface area contributed by atoms with E-state index >= 15 is 0 Å². The van der Waals surface area contributed by atoms with Gasteiger partial charge in [0.05, 0.1) is 5.56 Å². The van der Waals surface area contributed by atoms with Crippen molar-refractivity contribution in [3.05, 3.63) is 35.4 Å². The van der Waals surface area contributed by atoms with Crippen molar-refractivity contribution >= 4 is 0 Å². The van der Waals surface area contributed by atoms with Crippen LogP contribution in [-0.2, 0) is 12.6 Å². The number of rotatable bonds is 4. The largest absolute Gasteiger partial charge is 0.416 e. The van der Waals surface area contributed by atoms with Crippen LogP contribution in [0.3, 0.4) is 0 Å². The van der Waals surface area contributed by atoms with Crippen molar-refractivity contribution in [3.8, 4) is 0 Å². The highest BCUT2D eigenvalue weighted by Gasteiger charge is 2.34. The zero-order valence-corrected chi connectivity index (χ0v) is 11.9. The van der Waals surface area contributed by atoms with Crippen LogP contribution in [-0.4, -0.2) is 12.1 Å². The first kappa shape index (κ1) is 15.4. The maximum absolute atomic E-state index is 13.0. The predicted octanol–water partition coefficient (Wildman–Crippen LogP) is 4.56. The fourth-order valence-corrected chi connectivity index (χ4v) is 3.11. The topological polar surface area (TPSA) is 12.0 Å². The lowest BCUT2D eigenvalue weighted by molar-refractivity contribution is -0.138. The third kappa shape index (κ3) is 3.54. The Morgan fingerprint density at radius 3 is 2.55 bits per heavy atom. The van der Waals surface area contributed by atoms with E-state index in [1.807, 2.05) is 0 Å². The summed E-state index contributed by atoms with van der Waals surface area (Å²) in [7, 11) is 0. The Kier molecular flexibility index (Phi) is 4.74. The van der Waals surface area contributed by atoms with Crippen LogP contribution in [0.15, 0.2) is 24.3 Å². The van der Waals surface area contributed by atoms with Gasteiger partial charge in [-0.05, 0) is 50.3 Å². The Morgan fingerprint density at radius 2 is 1.95 bits per heavy atom. The molecule has 4 heteroatoms. The molecule has 1 N–H and O–H groups in total. The summed E-state index contributed by atoms with van der Waals surface area (Å²) in [6, 6.07) is 5.94. The van der Waals surface area contributed by atoms with E-state index in [0.29, 0.717) is 12.0 Å². The second kappa shape index (κ2) is 6.17. The second-order valence-electron chi connectivity index (χ2n) is 5.67. The number of benzene rings is 1. The average molecular weight is 285 g/mol. The van der Waals surface area contributed by atoms with Gasteiger partial charge in [0.25, 0.3) is 0 Å². The average Bonchev–Trinajstić information content (AvgIpc) is 2.45. The van der Waals surface area contributed by atoms with E-state index in [1.165, 1.54) is 25.0 Å². The molecule has 1 aliphatic heterocycles. The van der Waals surface area contributed by atoms with Crippen molar-refractivity contribution in [1.82, 2.24) is 5.32 Å². The first-order valence-corrected chi connectivity index (χ1v) is 7.37. The smallest absolute Gasteiger partial charge is 0.311 e. The van der Waals surface area contributed by atoms with Gasteiger partial charge in [0.15, 0.2) is 0 Å². The number of halogens is 3. The minimum atomic E-state index is -4.25. The van der Waals surface area contributed by atoms with Crippen LogP contribution in [0.2, 0.25) is 0 Å². The highest BCUT2D eigenvalue weighted by Crippen LogP contribution is 2.34. The summed E-state index contributed by atoms with van der Waals surface area (Å²) in [5.41, 5.74) is -0.0426. The van der Waals surface area contributed by atoms with Crippen LogP contribution in [0.5, 0.6) is 0 Å². The number of hydrogen-bond acceptors (Lipinski definition) is 1. The van der Waals surface area contributed by atoms with E-state index in [0.717, 1.165) is 25.8 Å². The van der Waals surface area contributed by atoms with Crippen LogP contribution in [0.25, 0.3) is 0 Å². The van der Waals surface area contributed by atoms with Gasteiger partial charge in [-0.2, -0.15) is 13.2 Å². The van der Waals surface area contributed by atoms with Gasteiger partial charge in [-0.3, -0.25) is 0 Å². The number of nitrogens with one attached hydrogen (secondary N) is 1. The van der Waals surface area contributed by atoms with Crippen molar-refractivity contribution in [1.29, 1.82) is 0 Å². The Hall–Kier alpha value is -1.03. The van der Waals surface area contributed by atoms with E-state index in [-0.39, 0.29) is 5.54 Å². The summed E-state index contributed by atoms with van der Waals surface area (Å²) in [6.07, 6.45) is 1.38. The predicted molar refractivity (Wildman–Crippen MR) is 74.6 cm³/mol. The number of alkyl halides is 3. The monoisotopic (exact) mass is 285 g/mol. The first-order chi connectivity index (χ1) is 9.47. The van der Waals surface area contributed by atoms with Crippen LogP contribution in [0.1, 0.15) is 50.2 Å². The summed E-state index contributed by atoms with van der Waals surface area (Å²) in [4.78, 5) is 0. The zero-order valence-electron chi connectivity index (χ0n) is 11.9. The molecule has 0 radical (unpaired) electrons. The van der Waals surface area contributed by atoms with Gasteiger partial charge in [-0.25, -0.2) is 0 Å². The van der Waals surface area contributed by atoms with Crippen LogP contribution < -0.4 is 5.32 Å². The maximum Gasteiger partial charge on any atom is 0.416 e. The van der Waals surface area contributed by atoms with Crippen molar-refractivity contribution in [3.63, 3.8) is 0 Å². The molecular weight excluding hydrogens is 263 g/mol. The molecule has 1 saturated heterocycles. The molecule has 0 bridgehead atoms. The third-order valence-corrected chi connectivity index (χ3v) is 4.45. The van der Waals surface area contributed by atoms with Crippen LogP contribution in [0.4, 0.5) is 13.2 Å². The molecule has 1 fully saturated rings. The van der Waals surface area contributed by atoms with E-state index in [2.05, 4.69) is 12.2 Å². The van der Waals surface area contributed by atoms with Gasteiger partial charge in [0.1, 0.15) is 0 Å². The van der Waals surface area contributed by atoms with E-state index in [9.17, 15) is 13.2 Å². The minimum Gasteiger partial charge on any atom is -0.311 e. The number of hydrogen-bond donors (Lipinski definition) is 1. The maximum atomic E-state index is 13.0. The molecule has 0 aliphatic carbocycles. The van der Waals surface area contributed by atoms with E-state index in [4.69, 9.17) is 0 Å². The molecule has 2 rings (SSSR count). The van der Waals surface area contributed by atoms with Gasteiger partial charge < -0.3 is 5.32 Å². The molecule has 1 aromatic rings. The summed E-state index contributed by atoms with van der Waals surface area (Å²) < 4.78 is 38.9. The normalized spacial score (nSPS) is 23.8. The van der Waals surface area contributed by atoms with Gasteiger partial charge in [-0.15, -0.1) is 0 Å². The van der Waals surface area contributed by atoms with Crippen LogP contribution >= 0.6 is 0 Å². The van der Waals surface area contributed by atoms with Crippen molar-refractivity contribution < 1.29 is 13.2 Å². The lowest BCUT2D eigenvalue weighted by Gasteiger charge is -2.38. The lowest BCUT2D eigenvalue weighted by Crippen LogP contribution is -2.48. The Balaban J connectivity index is 2.10. The van der Waals surface area contributed by atoms with Gasteiger partial charge in [0.2, 0.25) is 0 Å². The lowest BCUT2D eigenvalue weighted by atomic mass is 9.81. The molecule has 1 nitrogen and oxygen atoms in total. The first-order valence-electron chi connectivity index (χ1n) is 7.37. The third-order valence-electron chi connectivity index (χ3n) is 4.45. The van der Waals surface area contributed by atoms with Crippen molar-refractivity contribution in [2.45, 2.75) is 57.2 Å². The van der Waals surface area contributed by atoms with E-state index in [1.54, 1.807) is 12.1 Å². The molecule has 0 spiro atoms. The molecule has 112 valence electrons. The van der Waals surface area contributed by atoms with Gasteiger partial charge >= 0.3 is 6.18 Å². The quantitative estimate of drug-likeness (QED) is 0.855. The molecule has 1 unspecified atom stereocenters. The van der Waals surface area contributed by atoms with Crippen molar-refractivity contribution in [2.75, 3.05) is 6.54 Å². The SMILES string of the molecule is CCC1(CCc2ccccc2C(F)(F)F)CCCCN1. The van der Waals surface area contributed by atoms with Crippen molar-refractivity contribution in [2.24, 2.45) is 0 Å². The Morgan fingerprint density at radius 1 is 1.20 bits per heavy atom. The molecule has 0 saturated carbocycles. The highest BCUT2D eigenvalue weighted by atomic mass is 19.4. The van der Waals surface area contributed by atoms with Gasteiger partial charge in [-0.1, -0.05) is 31.5 Å². The summed E-state index contributed by atoms with van der Waals surface area (Å²) in [5.74, 6) is 0. The molecule has 1 heterocycles. The molecule has 1 aliphatic rings. The second-order valence-corrected chi connectivity index (χ2v) is 5.67. The summed E-state index contributed by atoms with van der Waals surface area (Å²) in [5, 5.41) is 3.53. The minimum absolute atomic E-state index is 0.0248. The number of aryl methyl sites for hydroxylation is 1. The summed E-state index contributed by atoms with van der Waals surface area (Å²) >= 11 is 0. The zero-order chi connectivity index (χ0) is 14.6. The highest BCUT2D eigenvalue weighted by molar-refractivity contribution is 5.30. The van der Waals surface area contributed by atoms with Crippen LogP contribution in [0, 0.1) is 0 Å². The Labute approximate surface area is 118 Å². The number of piperidine rings is 1. The molecule has 0 aromatic heterocycles. The van der Waals surface area contributed by atoms with E-state index < -0.39 is 11.7 Å². The Bertz CT molecular complexity index is 434. The fraction of sp³-hybridized carbons (Fsp3) is 0.625. The fourth-order valence-electron chi connectivity index (χ4n) is 3.11. The molecule has 1 atom stereocenters. The van der Waals surface area contributed by atoms with Gasteiger partial charge in [0, 0.05) is 5.54 Å². The summed E-state index contributed by atoms with van der Waals surface area (Å²) in [6.45, 7) is 3.10. The molecular formula is C16H22F3N.